The zero-order valence-electron chi connectivity index (χ0n) is 15.9. The fourth-order valence-electron chi connectivity index (χ4n) is 4.23. The molecule has 1 aromatic rings. The van der Waals surface area contributed by atoms with E-state index in [0.717, 1.165) is 38.5 Å². The Morgan fingerprint density at radius 3 is 2.32 bits per heavy atom. The van der Waals surface area contributed by atoms with Gasteiger partial charge in [0.1, 0.15) is 0 Å². The fraction of sp³-hybridized carbons (Fsp3) is 0.550. The standard InChI is InChI=1S/C20H24N4O3S/c1-2-11-28(26,27)24-17-4-3-15(13-21)12-16(17)18(25)23-20-8-5-19(14-22,6-9-20)7-10-20/h3-4,12,24H,2,5-11H2,1H3,(H,23,25). The number of carbonyl (C=O) groups is 1. The van der Waals surface area contributed by atoms with E-state index >= 15 is 0 Å². The summed E-state index contributed by atoms with van der Waals surface area (Å²) >= 11 is 0. The largest absolute Gasteiger partial charge is 0.347 e. The molecule has 8 heteroatoms. The van der Waals surface area contributed by atoms with Crippen molar-refractivity contribution in [3.05, 3.63) is 29.3 Å². The van der Waals surface area contributed by atoms with E-state index in [9.17, 15) is 23.7 Å². The van der Waals surface area contributed by atoms with Crippen molar-refractivity contribution < 1.29 is 13.2 Å². The van der Waals surface area contributed by atoms with E-state index < -0.39 is 15.9 Å². The Hall–Kier alpha value is -2.58. The lowest BCUT2D eigenvalue weighted by Gasteiger charge is -2.50. The normalized spacial score (nSPS) is 26.1. The molecule has 3 fully saturated rings. The van der Waals surface area contributed by atoms with Gasteiger partial charge >= 0.3 is 0 Å². The number of carbonyl (C=O) groups excluding carboxylic acids is 1. The number of anilines is 1. The Kier molecular flexibility index (Phi) is 5.36. The molecule has 1 aromatic carbocycles. The maximum atomic E-state index is 13.1. The van der Waals surface area contributed by atoms with Gasteiger partial charge in [-0.05, 0) is 63.1 Å². The van der Waals surface area contributed by atoms with Gasteiger partial charge in [0.05, 0.1) is 40.1 Å². The molecule has 28 heavy (non-hydrogen) atoms. The highest BCUT2D eigenvalue weighted by molar-refractivity contribution is 7.92. The summed E-state index contributed by atoms with van der Waals surface area (Å²) in [5, 5.41) is 21.7. The van der Waals surface area contributed by atoms with Crippen LogP contribution >= 0.6 is 0 Å². The highest BCUT2D eigenvalue weighted by Crippen LogP contribution is 2.52. The molecule has 0 saturated heterocycles. The first kappa shape index (κ1) is 20.2. The van der Waals surface area contributed by atoms with Crippen LogP contribution in [0.25, 0.3) is 0 Å². The van der Waals surface area contributed by atoms with Crippen LogP contribution < -0.4 is 10.0 Å². The van der Waals surface area contributed by atoms with E-state index in [-0.39, 0.29) is 33.5 Å². The molecule has 3 saturated carbocycles. The first-order chi connectivity index (χ1) is 13.3. The van der Waals surface area contributed by atoms with Crippen LogP contribution in [0.1, 0.15) is 67.8 Å². The van der Waals surface area contributed by atoms with Crippen molar-refractivity contribution in [2.45, 2.75) is 57.4 Å². The van der Waals surface area contributed by atoms with Crippen LogP contribution in [0.15, 0.2) is 18.2 Å². The summed E-state index contributed by atoms with van der Waals surface area (Å²) < 4.78 is 26.8. The molecular formula is C20H24N4O3S. The third kappa shape index (κ3) is 3.98. The van der Waals surface area contributed by atoms with E-state index in [1.54, 1.807) is 6.92 Å². The molecule has 0 aliphatic heterocycles. The monoisotopic (exact) mass is 400 g/mol. The van der Waals surface area contributed by atoms with Crippen LogP contribution in [-0.4, -0.2) is 25.6 Å². The maximum absolute atomic E-state index is 13.1. The molecule has 4 rings (SSSR count). The van der Waals surface area contributed by atoms with Gasteiger partial charge in [0.25, 0.3) is 5.91 Å². The minimum Gasteiger partial charge on any atom is -0.347 e. The number of fused-ring (bicyclic) bond motifs is 3. The third-order valence-corrected chi connectivity index (χ3v) is 7.47. The second kappa shape index (κ2) is 7.44. The molecule has 0 spiro atoms. The Bertz CT molecular complexity index is 948. The van der Waals surface area contributed by atoms with E-state index in [4.69, 9.17) is 0 Å². The minimum absolute atomic E-state index is 0.0474. The topological polar surface area (TPSA) is 123 Å². The summed E-state index contributed by atoms with van der Waals surface area (Å²) in [6.07, 6.45) is 4.95. The maximum Gasteiger partial charge on any atom is 0.253 e. The van der Waals surface area contributed by atoms with Gasteiger partial charge in [-0.15, -0.1) is 0 Å². The lowest BCUT2D eigenvalue weighted by Crippen LogP contribution is -2.56. The van der Waals surface area contributed by atoms with Crippen molar-refractivity contribution in [1.82, 2.24) is 5.32 Å². The smallest absolute Gasteiger partial charge is 0.253 e. The van der Waals surface area contributed by atoms with Crippen LogP contribution in [0.4, 0.5) is 5.69 Å². The SMILES string of the molecule is CCCS(=O)(=O)Nc1ccc(C#N)cc1C(=O)NC12CCC(C#N)(CC1)CC2. The molecule has 7 nitrogen and oxygen atoms in total. The van der Waals surface area contributed by atoms with Gasteiger partial charge in [0, 0.05) is 5.54 Å². The first-order valence-electron chi connectivity index (χ1n) is 9.54. The van der Waals surface area contributed by atoms with Crippen LogP contribution in [0.2, 0.25) is 0 Å². The average molecular weight is 401 g/mol. The number of nitrogens with one attached hydrogen (secondary N) is 2. The summed E-state index contributed by atoms with van der Waals surface area (Å²) in [7, 11) is -3.57. The van der Waals surface area contributed by atoms with Gasteiger partial charge in [-0.3, -0.25) is 9.52 Å². The number of hydrogen-bond donors (Lipinski definition) is 2. The molecule has 0 atom stereocenters. The molecule has 3 aliphatic carbocycles. The number of nitrogens with zero attached hydrogens (tertiary/aromatic N) is 2. The van der Waals surface area contributed by atoms with Crippen LogP contribution in [0.3, 0.4) is 0 Å². The lowest BCUT2D eigenvalue weighted by molar-refractivity contribution is 0.0522. The zero-order valence-corrected chi connectivity index (χ0v) is 16.7. The van der Waals surface area contributed by atoms with E-state index in [2.05, 4.69) is 16.1 Å². The summed E-state index contributed by atoms with van der Waals surface area (Å²) in [4.78, 5) is 13.1. The number of rotatable bonds is 6. The molecule has 0 radical (unpaired) electrons. The van der Waals surface area contributed by atoms with Crippen molar-refractivity contribution >= 4 is 21.6 Å². The summed E-state index contributed by atoms with van der Waals surface area (Å²) in [5.74, 6) is -0.438. The number of benzene rings is 1. The first-order valence-corrected chi connectivity index (χ1v) is 11.2. The van der Waals surface area contributed by atoms with E-state index in [0.29, 0.717) is 6.42 Å². The van der Waals surface area contributed by atoms with Crippen molar-refractivity contribution in [2.24, 2.45) is 5.41 Å². The second-order valence-corrected chi connectivity index (χ2v) is 9.76. The fourth-order valence-corrected chi connectivity index (χ4v) is 5.38. The molecular weight excluding hydrogens is 376 g/mol. The van der Waals surface area contributed by atoms with Crippen LogP contribution in [0, 0.1) is 28.1 Å². The Balaban J connectivity index is 1.85. The van der Waals surface area contributed by atoms with E-state index in [1.165, 1.54) is 18.2 Å². The van der Waals surface area contributed by atoms with Crippen molar-refractivity contribution in [2.75, 3.05) is 10.5 Å². The quantitative estimate of drug-likeness (QED) is 0.760. The van der Waals surface area contributed by atoms with Gasteiger partial charge in [-0.2, -0.15) is 10.5 Å². The van der Waals surface area contributed by atoms with Gasteiger partial charge in [0.15, 0.2) is 0 Å². The van der Waals surface area contributed by atoms with Crippen LogP contribution in [0.5, 0.6) is 0 Å². The number of sulfonamides is 1. The molecule has 0 unspecified atom stereocenters. The Labute approximate surface area is 165 Å². The molecule has 0 heterocycles. The number of amides is 1. The zero-order chi connectivity index (χ0) is 20.4. The predicted molar refractivity (Wildman–Crippen MR) is 105 cm³/mol. The predicted octanol–water partition coefficient (Wildman–Crippen LogP) is 3.06. The second-order valence-electron chi connectivity index (χ2n) is 7.92. The van der Waals surface area contributed by atoms with Gasteiger partial charge in [-0.1, -0.05) is 6.92 Å². The Morgan fingerprint density at radius 1 is 1.14 bits per heavy atom. The summed E-state index contributed by atoms with van der Waals surface area (Å²) in [5.41, 5.74) is -0.00140. The van der Waals surface area contributed by atoms with Crippen molar-refractivity contribution in [3.8, 4) is 12.1 Å². The number of nitriles is 2. The average Bonchev–Trinajstić information content (AvgIpc) is 2.69. The van der Waals surface area contributed by atoms with Gasteiger partial charge in [-0.25, -0.2) is 8.42 Å². The molecule has 148 valence electrons. The molecule has 3 aliphatic rings. The lowest BCUT2D eigenvalue weighted by atomic mass is 9.58. The van der Waals surface area contributed by atoms with Gasteiger partial charge in [0.2, 0.25) is 10.0 Å². The Morgan fingerprint density at radius 2 is 1.79 bits per heavy atom. The number of hydrogen-bond acceptors (Lipinski definition) is 5. The summed E-state index contributed by atoms with van der Waals surface area (Å²) in [6, 6.07) is 8.80. The molecule has 1 amide bonds. The molecule has 0 aromatic heterocycles. The summed E-state index contributed by atoms with van der Waals surface area (Å²) in [6.45, 7) is 1.76. The molecule has 2 bridgehead atoms. The highest BCUT2D eigenvalue weighted by Gasteiger charge is 2.49. The van der Waals surface area contributed by atoms with Gasteiger partial charge < -0.3 is 5.32 Å². The molecule has 2 N–H and O–H groups in total. The minimum atomic E-state index is -3.57. The highest BCUT2D eigenvalue weighted by atomic mass is 32.2. The van der Waals surface area contributed by atoms with Crippen molar-refractivity contribution in [1.29, 1.82) is 10.5 Å². The third-order valence-electron chi connectivity index (χ3n) is 5.99. The van der Waals surface area contributed by atoms with Crippen LogP contribution in [-0.2, 0) is 10.0 Å². The van der Waals surface area contributed by atoms with E-state index in [1.807, 2.05) is 6.07 Å². The van der Waals surface area contributed by atoms with Crippen molar-refractivity contribution in [3.63, 3.8) is 0 Å².